The lowest BCUT2D eigenvalue weighted by Crippen LogP contribution is -2.36. The van der Waals surface area contributed by atoms with E-state index in [-0.39, 0.29) is 11.7 Å². The van der Waals surface area contributed by atoms with E-state index in [1.807, 2.05) is 6.08 Å². The molecule has 0 aromatic heterocycles. The Labute approximate surface area is 70.1 Å². The van der Waals surface area contributed by atoms with Gasteiger partial charge in [-0.05, 0) is 19.3 Å². The first-order chi connectivity index (χ1) is 5.67. The zero-order valence-electron chi connectivity index (χ0n) is 6.62. The van der Waals surface area contributed by atoms with Crippen LogP contribution in [0.4, 0.5) is 0 Å². The number of carboxylic acid groups (broad SMARTS) is 1. The maximum absolute atomic E-state index is 11.5. The molecular formula is C9H10O3. The number of fused-ring (bicyclic) bond motifs is 2. The maximum Gasteiger partial charge on any atom is 0.321 e. The van der Waals surface area contributed by atoms with Crippen LogP contribution in [0.1, 0.15) is 19.3 Å². The van der Waals surface area contributed by atoms with Crippen LogP contribution in [-0.4, -0.2) is 16.9 Å². The molecule has 1 saturated carbocycles. The van der Waals surface area contributed by atoms with Gasteiger partial charge in [-0.1, -0.05) is 12.2 Å². The minimum Gasteiger partial charge on any atom is -0.480 e. The Bertz CT molecular complexity index is 279. The first kappa shape index (κ1) is 7.53. The summed E-state index contributed by atoms with van der Waals surface area (Å²) in [4.78, 5) is 22.4. The standard InChI is InChI=1S/C9H10O3/c10-7-6-2-1-4-9(7,5-3-6)8(11)12/h1,4,6H,2-3,5H2,(H,11,12)/t6-,9+/m0/s1. The van der Waals surface area contributed by atoms with E-state index in [4.69, 9.17) is 5.11 Å². The van der Waals surface area contributed by atoms with Gasteiger partial charge in [0.2, 0.25) is 0 Å². The number of rotatable bonds is 1. The van der Waals surface area contributed by atoms with Crippen molar-refractivity contribution >= 4 is 11.8 Å². The predicted octanol–water partition coefficient (Wildman–Crippen LogP) is 0.996. The molecule has 1 fully saturated rings. The van der Waals surface area contributed by atoms with E-state index in [1.54, 1.807) is 6.08 Å². The van der Waals surface area contributed by atoms with Crippen molar-refractivity contribution in [1.82, 2.24) is 0 Å². The number of carbonyl (C=O) groups excluding carboxylic acids is 1. The molecule has 2 atom stereocenters. The van der Waals surface area contributed by atoms with E-state index in [2.05, 4.69) is 0 Å². The van der Waals surface area contributed by atoms with Gasteiger partial charge >= 0.3 is 5.97 Å². The summed E-state index contributed by atoms with van der Waals surface area (Å²) in [6.45, 7) is 0. The van der Waals surface area contributed by atoms with Gasteiger partial charge in [-0.25, -0.2) is 0 Å². The molecule has 64 valence electrons. The molecule has 1 N–H and O–H groups in total. The zero-order chi connectivity index (χ0) is 8.77. The molecule has 12 heavy (non-hydrogen) atoms. The smallest absolute Gasteiger partial charge is 0.321 e. The average Bonchev–Trinajstić information content (AvgIpc) is 2.28. The summed E-state index contributed by atoms with van der Waals surface area (Å²) < 4.78 is 0. The predicted molar refractivity (Wildman–Crippen MR) is 41.6 cm³/mol. The van der Waals surface area contributed by atoms with Crippen molar-refractivity contribution in [1.29, 1.82) is 0 Å². The lowest BCUT2D eigenvalue weighted by Gasteiger charge is -2.21. The van der Waals surface area contributed by atoms with Gasteiger partial charge in [-0.15, -0.1) is 0 Å². The van der Waals surface area contributed by atoms with Gasteiger partial charge in [0.15, 0.2) is 5.78 Å². The van der Waals surface area contributed by atoms with E-state index in [0.29, 0.717) is 6.42 Å². The fraction of sp³-hybridized carbons (Fsp3) is 0.556. The summed E-state index contributed by atoms with van der Waals surface area (Å²) in [6, 6.07) is 0. The van der Waals surface area contributed by atoms with Crippen LogP contribution in [0, 0.1) is 11.3 Å². The molecule has 2 aliphatic carbocycles. The highest BCUT2D eigenvalue weighted by Crippen LogP contribution is 2.44. The Kier molecular flexibility index (Phi) is 1.37. The van der Waals surface area contributed by atoms with E-state index in [1.165, 1.54) is 0 Å². The highest BCUT2D eigenvalue weighted by molar-refractivity contribution is 6.08. The van der Waals surface area contributed by atoms with Crippen molar-refractivity contribution in [3.63, 3.8) is 0 Å². The van der Waals surface area contributed by atoms with Gasteiger partial charge in [0.05, 0.1) is 0 Å². The molecule has 2 bridgehead atoms. The molecule has 0 unspecified atom stereocenters. The van der Waals surface area contributed by atoms with Crippen molar-refractivity contribution in [3.8, 4) is 0 Å². The molecule has 0 amide bonds. The van der Waals surface area contributed by atoms with Crippen LogP contribution in [0.2, 0.25) is 0 Å². The normalized spacial score (nSPS) is 38.7. The van der Waals surface area contributed by atoms with Gasteiger partial charge in [-0.3, -0.25) is 9.59 Å². The van der Waals surface area contributed by atoms with Crippen molar-refractivity contribution in [2.24, 2.45) is 11.3 Å². The van der Waals surface area contributed by atoms with E-state index < -0.39 is 11.4 Å². The van der Waals surface area contributed by atoms with Gasteiger partial charge in [0.25, 0.3) is 0 Å². The van der Waals surface area contributed by atoms with Gasteiger partial charge in [-0.2, -0.15) is 0 Å². The molecule has 2 rings (SSSR count). The number of aliphatic carboxylic acids is 1. The van der Waals surface area contributed by atoms with Crippen LogP contribution in [0.15, 0.2) is 12.2 Å². The summed E-state index contributed by atoms with van der Waals surface area (Å²) in [7, 11) is 0. The topological polar surface area (TPSA) is 54.4 Å². The van der Waals surface area contributed by atoms with E-state index >= 15 is 0 Å². The lowest BCUT2D eigenvalue weighted by atomic mass is 9.80. The fourth-order valence-electron chi connectivity index (χ4n) is 2.13. The monoisotopic (exact) mass is 166 g/mol. The Morgan fingerprint density at radius 2 is 2.42 bits per heavy atom. The molecule has 0 aliphatic heterocycles. The second-order valence-electron chi connectivity index (χ2n) is 3.51. The number of Topliss-reactive ketones (excluding diaryl/α,β-unsaturated/α-hetero) is 1. The Morgan fingerprint density at radius 1 is 1.67 bits per heavy atom. The molecule has 2 aliphatic rings. The van der Waals surface area contributed by atoms with Crippen LogP contribution < -0.4 is 0 Å². The van der Waals surface area contributed by atoms with Crippen molar-refractivity contribution in [2.45, 2.75) is 19.3 Å². The molecule has 3 nitrogen and oxygen atoms in total. The molecule has 0 aromatic carbocycles. The number of carbonyl (C=O) groups is 2. The summed E-state index contributed by atoms with van der Waals surface area (Å²) >= 11 is 0. The van der Waals surface area contributed by atoms with Crippen molar-refractivity contribution < 1.29 is 14.7 Å². The van der Waals surface area contributed by atoms with Crippen LogP contribution in [0.3, 0.4) is 0 Å². The number of carboxylic acids is 1. The number of hydrogen-bond donors (Lipinski definition) is 1. The Balaban J connectivity index is 2.47. The number of ketones is 1. The summed E-state index contributed by atoms with van der Waals surface area (Å²) in [5.74, 6) is -1.09. The Hall–Kier alpha value is -1.12. The fourth-order valence-corrected chi connectivity index (χ4v) is 2.13. The number of allylic oxidation sites excluding steroid dienone is 1. The second kappa shape index (κ2) is 2.19. The lowest BCUT2D eigenvalue weighted by molar-refractivity contribution is -0.150. The minimum absolute atomic E-state index is 0.0221. The highest BCUT2D eigenvalue weighted by atomic mass is 16.4. The van der Waals surface area contributed by atoms with Gasteiger partial charge < -0.3 is 5.11 Å². The quantitative estimate of drug-likeness (QED) is 0.467. The largest absolute Gasteiger partial charge is 0.480 e. The van der Waals surface area contributed by atoms with Crippen LogP contribution in [-0.2, 0) is 9.59 Å². The highest BCUT2D eigenvalue weighted by Gasteiger charge is 2.52. The van der Waals surface area contributed by atoms with Crippen LogP contribution in [0.5, 0.6) is 0 Å². The van der Waals surface area contributed by atoms with Crippen molar-refractivity contribution in [2.75, 3.05) is 0 Å². The summed E-state index contributed by atoms with van der Waals surface area (Å²) in [5, 5.41) is 8.91. The molecule has 0 aromatic rings. The van der Waals surface area contributed by atoms with Gasteiger partial charge in [0.1, 0.15) is 5.41 Å². The number of hydrogen-bond acceptors (Lipinski definition) is 2. The molecular weight excluding hydrogens is 156 g/mol. The van der Waals surface area contributed by atoms with Crippen LogP contribution >= 0.6 is 0 Å². The SMILES string of the molecule is O=C(O)[C@]12C=CC[C@@H](CC1)C2=O. The third kappa shape index (κ3) is 0.709. The van der Waals surface area contributed by atoms with Gasteiger partial charge in [0, 0.05) is 5.92 Å². The van der Waals surface area contributed by atoms with Crippen molar-refractivity contribution in [3.05, 3.63) is 12.2 Å². The first-order valence-corrected chi connectivity index (χ1v) is 4.12. The maximum atomic E-state index is 11.5. The first-order valence-electron chi connectivity index (χ1n) is 4.12. The minimum atomic E-state index is -1.15. The molecule has 0 radical (unpaired) electrons. The third-order valence-electron chi connectivity index (χ3n) is 2.90. The molecule has 0 heterocycles. The molecule has 3 heteroatoms. The zero-order valence-corrected chi connectivity index (χ0v) is 6.62. The second-order valence-corrected chi connectivity index (χ2v) is 3.51. The molecule has 0 spiro atoms. The summed E-state index contributed by atoms with van der Waals surface area (Å²) in [5.41, 5.74) is -1.15. The average molecular weight is 166 g/mol. The molecule has 0 saturated heterocycles. The summed E-state index contributed by atoms with van der Waals surface area (Å²) in [6.07, 6.45) is 5.35. The van der Waals surface area contributed by atoms with Crippen LogP contribution in [0.25, 0.3) is 0 Å². The third-order valence-corrected chi connectivity index (χ3v) is 2.90. The van der Waals surface area contributed by atoms with E-state index in [0.717, 1.165) is 12.8 Å². The van der Waals surface area contributed by atoms with E-state index in [9.17, 15) is 9.59 Å². The Morgan fingerprint density at radius 3 is 3.00 bits per heavy atom.